The Labute approximate surface area is 89.7 Å². The van der Waals surface area contributed by atoms with Crippen molar-refractivity contribution >= 4 is 11.3 Å². The molecule has 1 fully saturated rings. The lowest BCUT2D eigenvalue weighted by Crippen LogP contribution is -2.42. The molecule has 3 heteroatoms. The van der Waals surface area contributed by atoms with E-state index in [1.54, 1.807) is 0 Å². The smallest absolute Gasteiger partial charge is 0.0328 e. The number of hydrogen-bond acceptors (Lipinski definition) is 3. The second-order valence-corrected chi connectivity index (χ2v) is 5.22. The van der Waals surface area contributed by atoms with Crippen LogP contribution in [0.3, 0.4) is 0 Å². The molecular formula is C11H18N2S. The van der Waals surface area contributed by atoms with E-state index in [9.17, 15) is 0 Å². The van der Waals surface area contributed by atoms with E-state index in [2.05, 4.69) is 23.3 Å². The van der Waals surface area contributed by atoms with Gasteiger partial charge < -0.3 is 5.73 Å². The summed E-state index contributed by atoms with van der Waals surface area (Å²) in [6, 6.07) is 2.68. The van der Waals surface area contributed by atoms with Gasteiger partial charge in [0, 0.05) is 24.0 Å². The molecule has 0 radical (unpaired) electrons. The average Bonchev–Trinajstić information content (AvgIpc) is 2.51. The summed E-state index contributed by atoms with van der Waals surface area (Å²) in [5.74, 6) is 0. The van der Waals surface area contributed by atoms with E-state index in [1.165, 1.54) is 29.8 Å². The molecule has 0 aliphatic carbocycles. The number of hydrogen-bond donors (Lipinski definition) is 1. The largest absolute Gasteiger partial charge is 0.327 e. The summed E-state index contributed by atoms with van der Waals surface area (Å²) in [6.45, 7) is 5.52. The lowest BCUT2D eigenvalue weighted by molar-refractivity contribution is 0.203. The fourth-order valence-corrected chi connectivity index (χ4v) is 2.95. The van der Waals surface area contributed by atoms with Gasteiger partial charge >= 0.3 is 0 Å². The number of likely N-dealkylation sites (tertiary alicyclic amines) is 1. The highest BCUT2D eigenvalue weighted by molar-refractivity contribution is 7.10. The van der Waals surface area contributed by atoms with Crippen LogP contribution in [0.4, 0.5) is 0 Å². The summed E-state index contributed by atoms with van der Waals surface area (Å²) in [7, 11) is 0. The highest BCUT2D eigenvalue weighted by Crippen LogP contribution is 2.18. The lowest BCUT2D eigenvalue weighted by atomic mass is 10.1. The second-order valence-electron chi connectivity index (χ2n) is 4.23. The van der Waals surface area contributed by atoms with Crippen LogP contribution in [0.2, 0.25) is 0 Å². The maximum absolute atomic E-state index is 5.95. The molecule has 0 saturated carbocycles. The molecule has 0 aromatic carbocycles. The first-order valence-corrected chi connectivity index (χ1v) is 6.14. The van der Waals surface area contributed by atoms with Crippen LogP contribution in [0.1, 0.15) is 23.3 Å². The Morgan fingerprint density at radius 2 is 2.50 bits per heavy atom. The Balaban J connectivity index is 1.90. The molecule has 0 spiro atoms. The number of nitrogens with zero attached hydrogens (tertiary/aromatic N) is 1. The van der Waals surface area contributed by atoms with E-state index in [4.69, 9.17) is 5.73 Å². The molecule has 2 rings (SSSR count). The van der Waals surface area contributed by atoms with E-state index >= 15 is 0 Å². The first-order chi connectivity index (χ1) is 6.74. The van der Waals surface area contributed by atoms with Crippen LogP contribution >= 0.6 is 11.3 Å². The van der Waals surface area contributed by atoms with Gasteiger partial charge in [0.25, 0.3) is 0 Å². The van der Waals surface area contributed by atoms with Crippen molar-refractivity contribution < 1.29 is 0 Å². The van der Waals surface area contributed by atoms with Gasteiger partial charge in [-0.05, 0) is 43.3 Å². The third kappa shape index (κ3) is 2.56. The van der Waals surface area contributed by atoms with Gasteiger partial charge in [-0.1, -0.05) is 0 Å². The molecule has 1 aromatic heterocycles. The summed E-state index contributed by atoms with van der Waals surface area (Å²) in [6.07, 6.45) is 2.45. The molecule has 2 nitrogen and oxygen atoms in total. The lowest BCUT2D eigenvalue weighted by Gasteiger charge is -2.30. The molecule has 2 N–H and O–H groups in total. The molecule has 1 aliphatic heterocycles. The Bertz CT molecular complexity index is 295. The zero-order chi connectivity index (χ0) is 9.97. The van der Waals surface area contributed by atoms with Crippen LogP contribution in [0.5, 0.6) is 0 Å². The Hall–Kier alpha value is -0.380. The van der Waals surface area contributed by atoms with E-state index < -0.39 is 0 Å². The number of rotatable bonds is 2. The van der Waals surface area contributed by atoms with E-state index in [0.29, 0.717) is 6.04 Å². The van der Waals surface area contributed by atoms with Crippen molar-refractivity contribution in [1.82, 2.24) is 4.90 Å². The van der Waals surface area contributed by atoms with Gasteiger partial charge in [-0.3, -0.25) is 4.90 Å². The van der Waals surface area contributed by atoms with Crippen LogP contribution < -0.4 is 5.73 Å². The third-order valence-corrected chi connectivity index (χ3v) is 3.75. The molecule has 1 aromatic rings. The zero-order valence-electron chi connectivity index (χ0n) is 8.70. The topological polar surface area (TPSA) is 29.3 Å². The van der Waals surface area contributed by atoms with Crippen LogP contribution in [-0.4, -0.2) is 24.0 Å². The molecule has 2 heterocycles. The molecule has 1 unspecified atom stereocenters. The number of nitrogens with two attached hydrogens (primary N) is 1. The van der Waals surface area contributed by atoms with Gasteiger partial charge in [0.1, 0.15) is 0 Å². The van der Waals surface area contributed by atoms with Gasteiger partial charge in [-0.25, -0.2) is 0 Å². The SMILES string of the molecule is Cc1csc(CN2CCCC(N)C2)c1. The number of thiophene rings is 1. The minimum absolute atomic E-state index is 0.393. The fourth-order valence-electron chi connectivity index (χ4n) is 2.03. The fraction of sp³-hybridized carbons (Fsp3) is 0.636. The maximum Gasteiger partial charge on any atom is 0.0328 e. The van der Waals surface area contributed by atoms with E-state index in [1.807, 2.05) is 11.3 Å². The van der Waals surface area contributed by atoms with Gasteiger partial charge in [-0.15, -0.1) is 11.3 Å². The maximum atomic E-state index is 5.95. The van der Waals surface area contributed by atoms with Gasteiger partial charge in [-0.2, -0.15) is 0 Å². The minimum Gasteiger partial charge on any atom is -0.327 e. The first kappa shape index (κ1) is 10.1. The Morgan fingerprint density at radius 1 is 1.64 bits per heavy atom. The van der Waals surface area contributed by atoms with E-state index in [0.717, 1.165) is 13.1 Å². The highest BCUT2D eigenvalue weighted by atomic mass is 32.1. The average molecular weight is 210 g/mol. The van der Waals surface area contributed by atoms with Crippen molar-refractivity contribution in [2.45, 2.75) is 32.4 Å². The molecule has 0 bridgehead atoms. The molecule has 78 valence electrons. The van der Waals surface area contributed by atoms with Crippen LogP contribution in [-0.2, 0) is 6.54 Å². The van der Waals surface area contributed by atoms with Crippen LogP contribution in [0.25, 0.3) is 0 Å². The van der Waals surface area contributed by atoms with Gasteiger partial charge in [0.05, 0.1) is 0 Å². The van der Waals surface area contributed by atoms with Crippen molar-refractivity contribution in [2.75, 3.05) is 13.1 Å². The van der Waals surface area contributed by atoms with Crippen molar-refractivity contribution in [3.8, 4) is 0 Å². The third-order valence-electron chi connectivity index (χ3n) is 2.71. The van der Waals surface area contributed by atoms with Crippen molar-refractivity contribution in [2.24, 2.45) is 5.73 Å². The predicted molar refractivity (Wildman–Crippen MR) is 61.5 cm³/mol. The van der Waals surface area contributed by atoms with Crippen LogP contribution in [0.15, 0.2) is 11.4 Å². The zero-order valence-corrected chi connectivity index (χ0v) is 9.52. The van der Waals surface area contributed by atoms with Crippen molar-refractivity contribution in [3.05, 3.63) is 21.9 Å². The Kier molecular flexibility index (Phi) is 3.21. The minimum atomic E-state index is 0.393. The van der Waals surface area contributed by atoms with Gasteiger partial charge in [0.2, 0.25) is 0 Å². The number of aryl methyl sites for hydroxylation is 1. The van der Waals surface area contributed by atoms with Gasteiger partial charge in [0.15, 0.2) is 0 Å². The normalized spacial score (nSPS) is 24.0. The summed E-state index contributed by atoms with van der Waals surface area (Å²) in [4.78, 5) is 3.94. The van der Waals surface area contributed by atoms with Crippen LogP contribution in [0, 0.1) is 6.92 Å². The molecule has 0 amide bonds. The molecule has 1 atom stereocenters. The summed E-state index contributed by atoms with van der Waals surface area (Å²) < 4.78 is 0. The summed E-state index contributed by atoms with van der Waals surface area (Å²) in [5, 5.41) is 2.22. The van der Waals surface area contributed by atoms with Crippen molar-refractivity contribution in [1.29, 1.82) is 0 Å². The van der Waals surface area contributed by atoms with Crippen molar-refractivity contribution in [3.63, 3.8) is 0 Å². The quantitative estimate of drug-likeness (QED) is 0.809. The molecule has 14 heavy (non-hydrogen) atoms. The molecular weight excluding hydrogens is 192 g/mol. The predicted octanol–water partition coefficient (Wildman–Crippen LogP) is 1.98. The monoisotopic (exact) mass is 210 g/mol. The molecule has 1 saturated heterocycles. The summed E-state index contributed by atoms with van der Waals surface area (Å²) in [5.41, 5.74) is 7.33. The molecule has 1 aliphatic rings. The summed E-state index contributed by atoms with van der Waals surface area (Å²) >= 11 is 1.86. The second kappa shape index (κ2) is 4.43. The number of piperidine rings is 1. The standard InChI is InChI=1S/C11H18N2S/c1-9-5-11(14-8-9)7-13-4-2-3-10(12)6-13/h5,8,10H,2-4,6-7,12H2,1H3. The Morgan fingerprint density at radius 3 is 3.14 bits per heavy atom. The highest BCUT2D eigenvalue weighted by Gasteiger charge is 2.16. The first-order valence-electron chi connectivity index (χ1n) is 5.26. The van der Waals surface area contributed by atoms with E-state index in [-0.39, 0.29) is 0 Å².